The molecule has 0 aromatic heterocycles. The summed E-state index contributed by atoms with van der Waals surface area (Å²) in [5.74, 6) is -7.38. The highest BCUT2D eigenvalue weighted by atomic mass is 16.7. The number of ether oxygens (including phenoxy) is 11. The molecule has 6 fully saturated rings. The summed E-state index contributed by atoms with van der Waals surface area (Å²) in [6.45, 7) is 13.6. The Morgan fingerprint density at radius 2 is 1.58 bits per heavy atom. The lowest BCUT2D eigenvalue weighted by atomic mass is 9.79. The number of aliphatic hydroxyl groups is 5. The van der Waals surface area contributed by atoms with Crippen LogP contribution in [0.4, 0.5) is 0 Å². The zero-order valence-electron chi connectivity index (χ0n) is 38.3. The summed E-state index contributed by atoms with van der Waals surface area (Å²) in [5.41, 5.74) is -0.906. The molecule has 6 heterocycles. The maximum absolute atomic E-state index is 11.8. The minimum Gasteiger partial charge on any atom is -0.481 e. The topological polar surface area (TPSA) is 240 Å². The van der Waals surface area contributed by atoms with Gasteiger partial charge in [0.25, 0.3) is 0 Å². The van der Waals surface area contributed by atoms with E-state index in [1.54, 1.807) is 21.0 Å². The van der Waals surface area contributed by atoms with Crippen molar-refractivity contribution in [3.63, 3.8) is 0 Å². The summed E-state index contributed by atoms with van der Waals surface area (Å²) < 4.78 is 69.2. The molecule has 1 spiro atoms. The number of carboxylic acid groups (broad SMARTS) is 1. The standard InChI is InChI=1S/C44H76O18/c1-11-12-31(55-21-30-28(58-33-14-13-27(52-8)25(5)56-33)18-29(57-30)35-22(2)17-23(3)42(7,50)59-35)41(6)15-16-43(62-41)19-26(45)34(48)36(60-43)24(4)37-38(53-9)39(54-10)40(49)44(51,61-37)20-32(46)47/h22-31,33-40,45,48-51H,11-21H2,1-10H3,(H,46,47)/t22-,23+,24+,25-,26-,27+,28-,29+,30-,31+,33+,34+,35-,36?,37-,38-,39+,40-,41-,42-,43+,44+/m0/s1. The van der Waals surface area contributed by atoms with E-state index in [0.717, 1.165) is 19.3 Å². The molecular formula is C44H76O18. The van der Waals surface area contributed by atoms with Crippen LogP contribution in [0.5, 0.6) is 0 Å². The molecule has 0 bridgehead atoms. The third-order valence-corrected chi connectivity index (χ3v) is 14.8. The zero-order valence-corrected chi connectivity index (χ0v) is 38.3. The van der Waals surface area contributed by atoms with Crippen LogP contribution >= 0.6 is 0 Å². The third kappa shape index (κ3) is 10.4. The van der Waals surface area contributed by atoms with Gasteiger partial charge in [-0.05, 0) is 52.4 Å². The van der Waals surface area contributed by atoms with Crippen molar-refractivity contribution < 1.29 is 87.5 Å². The van der Waals surface area contributed by atoms with E-state index in [2.05, 4.69) is 13.8 Å². The van der Waals surface area contributed by atoms with Crippen molar-refractivity contribution in [2.45, 2.75) is 227 Å². The van der Waals surface area contributed by atoms with Crippen molar-refractivity contribution in [2.75, 3.05) is 27.9 Å². The van der Waals surface area contributed by atoms with E-state index in [0.29, 0.717) is 32.1 Å². The van der Waals surface area contributed by atoms with Crippen molar-refractivity contribution in [2.24, 2.45) is 17.8 Å². The van der Waals surface area contributed by atoms with Crippen LogP contribution in [0.15, 0.2) is 0 Å². The molecule has 360 valence electrons. The highest BCUT2D eigenvalue weighted by Gasteiger charge is 2.62. The largest absolute Gasteiger partial charge is 0.481 e. The first kappa shape index (κ1) is 50.2. The van der Waals surface area contributed by atoms with Gasteiger partial charge in [0, 0.05) is 58.8 Å². The highest BCUT2D eigenvalue weighted by molar-refractivity contribution is 5.68. The first-order valence-electron chi connectivity index (χ1n) is 22.7. The summed E-state index contributed by atoms with van der Waals surface area (Å²) in [5, 5.41) is 65.8. The Labute approximate surface area is 366 Å². The molecule has 18 heteroatoms. The smallest absolute Gasteiger partial charge is 0.308 e. The molecular weight excluding hydrogens is 816 g/mol. The lowest BCUT2D eigenvalue weighted by Gasteiger charge is -2.52. The fourth-order valence-electron chi connectivity index (χ4n) is 11.0. The molecule has 6 aliphatic rings. The summed E-state index contributed by atoms with van der Waals surface area (Å²) in [6, 6.07) is 0. The Kier molecular flexibility index (Phi) is 16.2. The van der Waals surface area contributed by atoms with Gasteiger partial charge in [-0.25, -0.2) is 0 Å². The van der Waals surface area contributed by atoms with E-state index >= 15 is 0 Å². The van der Waals surface area contributed by atoms with Crippen LogP contribution in [0.2, 0.25) is 0 Å². The first-order valence-corrected chi connectivity index (χ1v) is 22.7. The predicted molar refractivity (Wildman–Crippen MR) is 217 cm³/mol. The SMILES string of the molecule is CCC[C@@H](OC[C@@H]1O[C@@H]([C@H]2O[C@](C)(O)[C@H](C)C[C@@H]2C)C[C@@H]1O[C@@H]1CC[C@@H](OC)[C@H](C)O1)[C@]1(C)CC[C@]2(C[C@H](O)[C@@H](O)C([C@@H](C)[C@@H]3O[C@](O)(CC(=O)O)[C@@H](O)[C@H](OC)[C@H]3OC)O2)O1. The van der Waals surface area contributed by atoms with Crippen LogP contribution in [0.25, 0.3) is 0 Å². The van der Waals surface area contributed by atoms with Gasteiger partial charge in [0.1, 0.15) is 36.9 Å². The fraction of sp³-hybridized carbons (Fsp3) is 0.977. The Morgan fingerprint density at radius 3 is 2.21 bits per heavy atom. The average molecular weight is 893 g/mol. The number of aliphatic hydroxyl groups excluding tert-OH is 3. The molecule has 18 nitrogen and oxygen atoms in total. The van der Waals surface area contributed by atoms with Gasteiger partial charge in [-0.1, -0.05) is 34.1 Å². The van der Waals surface area contributed by atoms with Crippen LogP contribution in [0.1, 0.15) is 113 Å². The van der Waals surface area contributed by atoms with E-state index in [4.69, 9.17) is 52.1 Å². The van der Waals surface area contributed by atoms with Gasteiger partial charge in [-0.15, -0.1) is 0 Å². The molecule has 0 radical (unpaired) electrons. The highest BCUT2D eigenvalue weighted by Crippen LogP contribution is 2.50. The average Bonchev–Trinajstić information content (AvgIpc) is 3.76. The first-order chi connectivity index (χ1) is 29.1. The molecule has 62 heavy (non-hydrogen) atoms. The maximum atomic E-state index is 11.8. The van der Waals surface area contributed by atoms with Crippen molar-refractivity contribution >= 4 is 5.97 Å². The molecule has 6 saturated heterocycles. The molecule has 6 rings (SSSR count). The van der Waals surface area contributed by atoms with Gasteiger partial charge in [-0.2, -0.15) is 0 Å². The van der Waals surface area contributed by atoms with Crippen LogP contribution in [-0.4, -0.2) is 179 Å². The number of aliphatic carboxylic acids is 1. The normalized spacial score (nSPS) is 49.9. The monoisotopic (exact) mass is 893 g/mol. The number of carboxylic acids is 1. The minimum atomic E-state index is -2.55. The number of hydrogen-bond donors (Lipinski definition) is 6. The van der Waals surface area contributed by atoms with Crippen molar-refractivity contribution in [3.05, 3.63) is 0 Å². The molecule has 0 aliphatic carbocycles. The second kappa shape index (κ2) is 20.0. The Morgan fingerprint density at radius 1 is 0.871 bits per heavy atom. The van der Waals surface area contributed by atoms with Gasteiger partial charge in [0.05, 0.1) is 67.1 Å². The van der Waals surface area contributed by atoms with Gasteiger partial charge in [-0.3, -0.25) is 4.79 Å². The van der Waals surface area contributed by atoms with Crippen LogP contribution in [-0.2, 0) is 56.9 Å². The fourth-order valence-corrected chi connectivity index (χ4v) is 11.0. The van der Waals surface area contributed by atoms with Gasteiger partial charge < -0.3 is 82.7 Å². The van der Waals surface area contributed by atoms with Crippen LogP contribution in [0.3, 0.4) is 0 Å². The van der Waals surface area contributed by atoms with Crippen molar-refractivity contribution in [3.8, 4) is 0 Å². The Hall–Kier alpha value is -1.17. The van der Waals surface area contributed by atoms with Crippen LogP contribution < -0.4 is 0 Å². The van der Waals surface area contributed by atoms with E-state index in [1.165, 1.54) is 14.2 Å². The van der Waals surface area contributed by atoms with E-state index in [-0.39, 0.29) is 49.3 Å². The van der Waals surface area contributed by atoms with Crippen molar-refractivity contribution in [1.29, 1.82) is 0 Å². The Bertz CT molecular complexity index is 1470. The summed E-state index contributed by atoms with van der Waals surface area (Å²) in [7, 11) is 4.35. The minimum absolute atomic E-state index is 0.0211. The number of rotatable bonds is 16. The second-order valence-corrected chi connectivity index (χ2v) is 19.5. The lowest BCUT2D eigenvalue weighted by Crippen LogP contribution is -2.69. The number of carbonyl (C=O) groups is 1. The summed E-state index contributed by atoms with van der Waals surface area (Å²) >= 11 is 0. The molecule has 1 unspecified atom stereocenters. The van der Waals surface area contributed by atoms with E-state index < -0.39 is 109 Å². The maximum Gasteiger partial charge on any atom is 0.308 e. The van der Waals surface area contributed by atoms with E-state index in [1.807, 2.05) is 20.8 Å². The second-order valence-electron chi connectivity index (χ2n) is 19.5. The molecule has 0 aromatic carbocycles. The Balaban J connectivity index is 1.18. The summed E-state index contributed by atoms with van der Waals surface area (Å²) in [4.78, 5) is 11.8. The third-order valence-electron chi connectivity index (χ3n) is 14.8. The van der Waals surface area contributed by atoms with Crippen LogP contribution in [0, 0.1) is 17.8 Å². The van der Waals surface area contributed by atoms with Gasteiger partial charge in [0.2, 0.25) is 5.79 Å². The van der Waals surface area contributed by atoms with Crippen molar-refractivity contribution in [1.82, 2.24) is 0 Å². The summed E-state index contributed by atoms with van der Waals surface area (Å²) in [6.07, 6.45) is -7.72. The molecule has 6 aliphatic heterocycles. The van der Waals surface area contributed by atoms with E-state index in [9.17, 15) is 35.4 Å². The lowest BCUT2D eigenvalue weighted by molar-refractivity contribution is -0.377. The van der Waals surface area contributed by atoms with Gasteiger partial charge >= 0.3 is 5.97 Å². The zero-order chi connectivity index (χ0) is 45.5. The quantitative estimate of drug-likeness (QED) is 0.130. The molecule has 0 aromatic rings. The number of methoxy groups -OCH3 is 3. The molecule has 0 amide bonds. The molecule has 22 atom stereocenters. The van der Waals surface area contributed by atoms with Gasteiger partial charge in [0.15, 0.2) is 17.9 Å². The number of hydrogen-bond acceptors (Lipinski definition) is 17. The predicted octanol–water partition coefficient (Wildman–Crippen LogP) is 2.39. The molecule has 0 saturated carbocycles. The molecule has 6 N–H and O–H groups in total.